The third kappa shape index (κ3) is 2.15. The molecule has 4 aliphatic carbocycles. The minimum absolute atomic E-state index is 0.869. The second-order valence-electron chi connectivity index (χ2n) is 9.45. The lowest BCUT2D eigenvalue weighted by atomic mass is 9.51. The van der Waals surface area contributed by atoms with Crippen LogP contribution in [0.4, 0.5) is 0 Å². The highest BCUT2D eigenvalue weighted by atomic mass is 14.6. The summed E-state index contributed by atoms with van der Waals surface area (Å²) >= 11 is 0. The van der Waals surface area contributed by atoms with E-state index in [4.69, 9.17) is 6.58 Å². The van der Waals surface area contributed by atoms with Crippen molar-refractivity contribution in [1.82, 2.24) is 0 Å². The molecule has 0 radical (unpaired) electrons. The van der Waals surface area contributed by atoms with Gasteiger partial charge in [-0.3, -0.25) is 0 Å². The minimum Gasteiger partial charge on any atom is -0.0993 e. The van der Waals surface area contributed by atoms with Gasteiger partial charge in [-0.2, -0.15) is 0 Å². The number of allylic oxidation sites excluding steroid dienone is 1. The predicted molar refractivity (Wildman–Crippen MR) is 94.5 cm³/mol. The molecule has 0 N–H and O–H groups in total. The Bertz CT molecular complexity index is 435. The molecule has 4 aliphatic rings. The monoisotopic (exact) mass is 300 g/mol. The number of hydrogen-bond acceptors (Lipinski definition) is 0. The molecular weight excluding hydrogens is 264 g/mol. The van der Waals surface area contributed by atoms with E-state index in [1.165, 1.54) is 38.5 Å². The van der Waals surface area contributed by atoms with Crippen LogP contribution in [0.5, 0.6) is 0 Å². The zero-order valence-corrected chi connectivity index (χ0v) is 15.1. The fraction of sp³-hybridized carbons (Fsp3) is 0.909. The standard InChI is InChI=1S/C22H36/c1-5-16-10-18-12-19-11-17-8-6-7-9-20(17)14(3)22(19)15(4)21(18)13(16)2/h13-14,16-22H,4-12H2,1-3H3/t13?,14?,16?,17-,18?,19?,20+,21?,22?/m1/s1. The first kappa shape index (κ1) is 15.3. The second kappa shape index (κ2) is 5.67. The van der Waals surface area contributed by atoms with Gasteiger partial charge in [0.15, 0.2) is 0 Å². The quantitative estimate of drug-likeness (QED) is 0.497. The van der Waals surface area contributed by atoms with Crippen LogP contribution in [0, 0.1) is 53.3 Å². The molecule has 0 heteroatoms. The molecule has 4 saturated carbocycles. The van der Waals surface area contributed by atoms with E-state index in [1.807, 2.05) is 0 Å². The van der Waals surface area contributed by atoms with Gasteiger partial charge in [-0.1, -0.05) is 58.6 Å². The Morgan fingerprint density at radius 3 is 2.27 bits per heavy atom. The summed E-state index contributed by atoms with van der Waals surface area (Å²) in [7, 11) is 0. The van der Waals surface area contributed by atoms with Crippen molar-refractivity contribution >= 4 is 0 Å². The summed E-state index contributed by atoms with van der Waals surface area (Å²) in [6.45, 7) is 12.3. The van der Waals surface area contributed by atoms with Crippen LogP contribution in [0.15, 0.2) is 12.2 Å². The van der Waals surface area contributed by atoms with Gasteiger partial charge >= 0.3 is 0 Å². The summed E-state index contributed by atoms with van der Waals surface area (Å²) in [5.74, 6) is 8.62. The van der Waals surface area contributed by atoms with E-state index in [9.17, 15) is 0 Å². The van der Waals surface area contributed by atoms with Gasteiger partial charge in [-0.15, -0.1) is 0 Å². The van der Waals surface area contributed by atoms with Crippen LogP contribution in [0.3, 0.4) is 0 Å². The molecule has 0 aromatic carbocycles. The van der Waals surface area contributed by atoms with Gasteiger partial charge in [0.1, 0.15) is 0 Å². The number of rotatable bonds is 1. The zero-order chi connectivity index (χ0) is 15.4. The lowest BCUT2D eigenvalue weighted by Gasteiger charge is -2.54. The second-order valence-corrected chi connectivity index (χ2v) is 9.45. The summed E-state index contributed by atoms with van der Waals surface area (Å²) in [5, 5.41) is 0. The van der Waals surface area contributed by atoms with Crippen molar-refractivity contribution < 1.29 is 0 Å². The molecule has 0 heterocycles. The van der Waals surface area contributed by atoms with Gasteiger partial charge in [0, 0.05) is 0 Å². The third-order valence-electron chi connectivity index (χ3n) is 8.73. The van der Waals surface area contributed by atoms with Crippen LogP contribution in [0.2, 0.25) is 0 Å². The highest BCUT2D eigenvalue weighted by Gasteiger charge is 2.53. The van der Waals surface area contributed by atoms with Gasteiger partial charge in [0.05, 0.1) is 0 Å². The molecule has 124 valence electrons. The lowest BCUT2D eigenvalue weighted by molar-refractivity contribution is 0.000599. The molecule has 9 atom stereocenters. The summed E-state index contributed by atoms with van der Waals surface area (Å²) in [6.07, 6.45) is 12.0. The fourth-order valence-electron chi connectivity index (χ4n) is 7.84. The Morgan fingerprint density at radius 2 is 1.50 bits per heavy atom. The topological polar surface area (TPSA) is 0 Å². The summed E-state index contributed by atoms with van der Waals surface area (Å²) in [6, 6.07) is 0. The van der Waals surface area contributed by atoms with Crippen LogP contribution < -0.4 is 0 Å². The Morgan fingerprint density at radius 1 is 0.864 bits per heavy atom. The molecule has 0 aromatic rings. The first-order chi connectivity index (χ1) is 10.6. The average Bonchev–Trinajstić information content (AvgIpc) is 2.83. The van der Waals surface area contributed by atoms with Crippen molar-refractivity contribution in [3.63, 3.8) is 0 Å². The van der Waals surface area contributed by atoms with E-state index in [0.717, 1.165) is 53.3 Å². The Kier molecular flexibility index (Phi) is 3.94. The largest absolute Gasteiger partial charge is 0.0993 e. The SMILES string of the molecule is C=C1C2C(CC(CC)C2C)CC2C[C@H]3CCCC[C@H]3C(C)C12. The summed E-state index contributed by atoms with van der Waals surface area (Å²) < 4.78 is 0. The van der Waals surface area contributed by atoms with Crippen molar-refractivity contribution in [3.05, 3.63) is 12.2 Å². The summed E-state index contributed by atoms with van der Waals surface area (Å²) in [4.78, 5) is 0. The lowest BCUT2D eigenvalue weighted by Crippen LogP contribution is -2.46. The van der Waals surface area contributed by atoms with Crippen LogP contribution >= 0.6 is 0 Å². The van der Waals surface area contributed by atoms with Gasteiger partial charge in [0.2, 0.25) is 0 Å². The molecule has 7 unspecified atom stereocenters. The highest BCUT2D eigenvalue weighted by Crippen LogP contribution is 2.61. The zero-order valence-electron chi connectivity index (χ0n) is 15.1. The molecule has 0 bridgehead atoms. The summed E-state index contributed by atoms with van der Waals surface area (Å²) in [5.41, 5.74) is 1.71. The number of hydrogen-bond donors (Lipinski definition) is 0. The first-order valence-electron chi connectivity index (χ1n) is 10.3. The van der Waals surface area contributed by atoms with Crippen LogP contribution in [-0.4, -0.2) is 0 Å². The van der Waals surface area contributed by atoms with Crippen LogP contribution in [-0.2, 0) is 0 Å². The van der Waals surface area contributed by atoms with E-state index in [-0.39, 0.29) is 0 Å². The molecule has 22 heavy (non-hydrogen) atoms. The van der Waals surface area contributed by atoms with E-state index in [2.05, 4.69) is 20.8 Å². The molecule has 0 aromatic heterocycles. The van der Waals surface area contributed by atoms with Gasteiger partial charge in [0.25, 0.3) is 0 Å². The molecule has 4 fully saturated rings. The van der Waals surface area contributed by atoms with E-state index in [0.29, 0.717) is 0 Å². The van der Waals surface area contributed by atoms with Gasteiger partial charge in [-0.25, -0.2) is 0 Å². The maximum Gasteiger partial charge on any atom is -0.0146 e. The van der Waals surface area contributed by atoms with Gasteiger partial charge in [-0.05, 0) is 78.9 Å². The Balaban J connectivity index is 1.60. The third-order valence-corrected chi connectivity index (χ3v) is 8.73. The highest BCUT2D eigenvalue weighted by molar-refractivity contribution is 5.20. The van der Waals surface area contributed by atoms with Crippen molar-refractivity contribution in [2.24, 2.45) is 53.3 Å². The van der Waals surface area contributed by atoms with Crippen molar-refractivity contribution in [2.45, 2.75) is 72.1 Å². The van der Waals surface area contributed by atoms with Crippen LogP contribution in [0.25, 0.3) is 0 Å². The smallest absolute Gasteiger partial charge is 0.0146 e. The fourth-order valence-corrected chi connectivity index (χ4v) is 7.84. The normalized spacial score (nSPS) is 54.5. The van der Waals surface area contributed by atoms with E-state index in [1.54, 1.807) is 18.4 Å². The van der Waals surface area contributed by atoms with Crippen LogP contribution in [0.1, 0.15) is 72.1 Å². The van der Waals surface area contributed by atoms with Gasteiger partial charge < -0.3 is 0 Å². The number of fused-ring (bicyclic) bond motifs is 3. The van der Waals surface area contributed by atoms with Crippen molar-refractivity contribution in [2.75, 3.05) is 0 Å². The van der Waals surface area contributed by atoms with E-state index >= 15 is 0 Å². The first-order valence-corrected chi connectivity index (χ1v) is 10.3. The molecule has 0 aliphatic heterocycles. The maximum atomic E-state index is 4.75. The molecule has 4 rings (SSSR count). The Hall–Kier alpha value is -0.260. The predicted octanol–water partition coefficient (Wildman–Crippen LogP) is 6.32. The van der Waals surface area contributed by atoms with Crippen molar-refractivity contribution in [3.8, 4) is 0 Å². The average molecular weight is 301 g/mol. The molecule has 0 amide bonds. The molecular formula is C22H36. The van der Waals surface area contributed by atoms with Crippen molar-refractivity contribution in [1.29, 1.82) is 0 Å². The molecule has 0 nitrogen and oxygen atoms in total. The van der Waals surface area contributed by atoms with E-state index < -0.39 is 0 Å². The molecule has 0 spiro atoms. The molecule has 0 saturated heterocycles. The minimum atomic E-state index is 0.869. The maximum absolute atomic E-state index is 4.75. The Labute approximate surface area is 138 Å².